The van der Waals surface area contributed by atoms with Crippen LogP contribution in [0.25, 0.3) is 0 Å². The van der Waals surface area contributed by atoms with E-state index in [2.05, 4.69) is 5.32 Å². The second kappa shape index (κ2) is 5.78. The monoisotopic (exact) mass is 267 g/mol. The van der Waals surface area contributed by atoms with Crippen LogP contribution in [0.1, 0.15) is 23.5 Å². The Balaban J connectivity index is 1.60. The van der Waals surface area contributed by atoms with E-state index in [1.165, 1.54) is 5.56 Å². The lowest BCUT2D eigenvalue weighted by molar-refractivity contribution is -0.119. The zero-order valence-corrected chi connectivity index (χ0v) is 11.2. The van der Waals surface area contributed by atoms with E-state index in [-0.39, 0.29) is 5.91 Å². The van der Waals surface area contributed by atoms with Crippen molar-refractivity contribution in [3.05, 3.63) is 65.7 Å². The normalized spacial score (nSPS) is 17.8. The molecule has 0 bridgehead atoms. The van der Waals surface area contributed by atoms with Crippen molar-refractivity contribution in [2.45, 2.75) is 18.9 Å². The van der Waals surface area contributed by atoms with Gasteiger partial charge >= 0.3 is 0 Å². The van der Waals surface area contributed by atoms with Crippen molar-refractivity contribution in [1.82, 2.24) is 5.32 Å². The molecule has 1 N–H and O–H groups in total. The zero-order chi connectivity index (χ0) is 13.8. The Bertz CT molecular complexity index is 578. The van der Waals surface area contributed by atoms with Crippen LogP contribution < -0.4 is 10.1 Å². The summed E-state index contributed by atoms with van der Waals surface area (Å²) in [6.07, 6.45) is 0.588. The average molecular weight is 267 g/mol. The molecule has 0 spiro atoms. The highest BCUT2D eigenvalue weighted by atomic mass is 16.5. The Labute approximate surface area is 118 Å². The molecule has 1 atom stereocenters. The number of rotatable bonds is 4. The molecule has 3 heteroatoms. The Kier molecular flexibility index (Phi) is 3.68. The summed E-state index contributed by atoms with van der Waals surface area (Å²) in [5.74, 6) is 1.29. The van der Waals surface area contributed by atoms with Gasteiger partial charge in [0.1, 0.15) is 12.4 Å². The number of carbonyl (C=O) groups is 1. The van der Waals surface area contributed by atoms with Gasteiger partial charge in [-0.25, -0.2) is 0 Å². The molecule has 1 unspecified atom stereocenters. The van der Waals surface area contributed by atoms with E-state index in [4.69, 9.17) is 4.74 Å². The fraction of sp³-hybridized carbons (Fsp3) is 0.235. The molecule has 0 saturated carbocycles. The maximum absolute atomic E-state index is 11.2. The third-order valence-corrected chi connectivity index (χ3v) is 3.58. The minimum Gasteiger partial charge on any atom is -0.489 e. The van der Waals surface area contributed by atoms with Gasteiger partial charge in [-0.05, 0) is 23.3 Å². The van der Waals surface area contributed by atoms with E-state index in [1.807, 2.05) is 54.6 Å². The van der Waals surface area contributed by atoms with E-state index in [0.717, 1.165) is 17.9 Å². The van der Waals surface area contributed by atoms with Crippen LogP contribution in [0.4, 0.5) is 0 Å². The lowest BCUT2D eigenvalue weighted by Crippen LogP contribution is -2.13. The first kappa shape index (κ1) is 12.7. The fourth-order valence-corrected chi connectivity index (χ4v) is 2.42. The number of amides is 1. The molecule has 0 radical (unpaired) electrons. The molecule has 1 aliphatic rings. The first-order valence-electron chi connectivity index (χ1n) is 6.84. The topological polar surface area (TPSA) is 38.3 Å². The lowest BCUT2D eigenvalue weighted by Gasteiger charge is -2.10. The van der Waals surface area contributed by atoms with Crippen molar-refractivity contribution in [3.8, 4) is 5.75 Å². The Morgan fingerprint density at radius 3 is 2.45 bits per heavy atom. The molecule has 20 heavy (non-hydrogen) atoms. The molecular formula is C17H17NO2. The van der Waals surface area contributed by atoms with Crippen LogP contribution in [0, 0.1) is 0 Å². The van der Waals surface area contributed by atoms with Gasteiger partial charge < -0.3 is 10.1 Å². The van der Waals surface area contributed by atoms with E-state index in [0.29, 0.717) is 18.9 Å². The minimum absolute atomic E-state index is 0.138. The number of benzene rings is 2. The molecule has 2 aromatic rings. The summed E-state index contributed by atoms with van der Waals surface area (Å²) in [7, 11) is 0. The van der Waals surface area contributed by atoms with Gasteiger partial charge in [0, 0.05) is 18.9 Å². The van der Waals surface area contributed by atoms with Crippen molar-refractivity contribution < 1.29 is 9.53 Å². The largest absolute Gasteiger partial charge is 0.489 e. The standard InChI is InChI=1S/C17H17NO2/c19-17-10-15(11-18-17)14-6-8-16(9-7-14)20-12-13-4-2-1-3-5-13/h1-9,15H,10-12H2,(H,18,19). The van der Waals surface area contributed by atoms with Gasteiger partial charge in [-0.15, -0.1) is 0 Å². The van der Waals surface area contributed by atoms with Crippen molar-refractivity contribution in [1.29, 1.82) is 0 Å². The highest BCUT2D eigenvalue weighted by Gasteiger charge is 2.22. The van der Waals surface area contributed by atoms with Gasteiger partial charge in [0.2, 0.25) is 5.91 Å². The first-order valence-corrected chi connectivity index (χ1v) is 6.84. The molecule has 3 nitrogen and oxygen atoms in total. The van der Waals surface area contributed by atoms with Crippen LogP contribution in [0.5, 0.6) is 5.75 Å². The van der Waals surface area contributed by atoms with Crippen molar-refractivity contribution >= 4 is 5.91 Å². The van der Waals surface area contributed by atoms with Gasteiger partial charge in [0.05, 0.1) is 0 Å². The quantitative estimate of drug-likeness (QED) is 0.925. The van der Waals surface area contributed by atoms with Gasteiger partial charge in [-0.3, -0.25) is 4.79 Å². The smallest absolute Gasteiger partial charge is 0.220 e. The zero-order valence-electron chi connectivity index (χ0n) is 11.2. The summed E-state index contributed by atoms with van der Waals surface area (Å²) in [4.78, 5) is 11.2. The molecule has 0 aromatic heterocycles. The number of hydrogen-bond donors (Lipinski definition) is 1. The second-order valence-electron chi connectivity index (χ2n) is 5.05. The SMILES string of the molecule is O=C1CC(c2ccc(OCc3ccccc3)cc2)CN1. The van der Waals surface area contributed by atoms with Crippen LogP contribution in [0.2, 0.25) is 0 Å². The third-order valence-electron chi connectivity index (χ3n) is 3.58. The van der Waals surface area contributed by atoms with Crippen molar-refractivity contribution in [2.75, 3.05) is 6.54 Å². The van der Waals surface area contributed by atoms with Crippen LogP contribution in [0.3, 0.4) is 0 Å². The molecule has 2 aromatic carbocycles. The van der Waals surface area contributed by atoms with Crippen LogP contribution in [0.15, 0.2) is 54.6 Å². The fourth-order valence-electron chi connectivity index (χ4n) is 2.42. The first-order chi connectivity index (χ1) is 9.81. The van der Waals surface area contributed by atoms with Crippen molar-refractivity contribution in [3.63, 3.8) is 0 Å². The molecule has 0 aliphatic carbocycles. The number of carbonyl (C=O) groups excluding carboxylic acids is 1. The highest BCUT2D eigenvalue weighted by Crippen LogP contribution is 2.25. The van der Waals surface area contributed by atoms with Crippen LogP contribution in [-0.4, -0.2) is 12.5 Å². The van der Waals surface area contributed by atoms with Gasteiger partial charge in [-0.2, -0.15) is 0 Å². The Morgan fingerprint density at radius 1 is 1.05 bits per heavy atom. The molecule has 102 valence electrons. The molecule has 1 heterocycles. The Hall–Kier alpha value is -2.29. The summed E-state index contributed by atoms with van der Waals surface area (Å²) in [5, 5.41) is 2.86. The molecule has 1 fully saturated rings. The summed E-state index contributed by atoms with van der Waals surface area (Å²) in [6.45, 7) is 1.31. The molecule has 1 saturated heterocycles. The highest BCUT2D eigenvalue weighted by molar-refractivity contribution is 5.79. The average Bonchev–Trinajstić information content (AvgIpc) is 2.93. The number of nitrogens with one attached hydrogen (secondary N) is 1. The van der Waals surface area contributed by atoms with Crippen LogP contribution >= 0.6 is 0 Å². The molecule has 1 aliphatic heterocycles. The third kappa shape index (κ3) is 2.99. The molecular weight excluding hydrogens is 250 g/mol. The lowest BCUT2D eigenvalue weighted by atomic mass is 9.98. The van der Waals surface area contributed by atoms with E-state index in [1.54, 1.807) is 0 Å². The summed E-state index contributed by atoms with van der Waals surface area (Å²) < 4.78 is 5.75. The maximum atomic E-state index is 11.2. The van der Waals surface area contributed by atoms with Gasteiger partial charge in [0.15, 0.2) is 0 Å². The predicted octanol–water partition coefficient (Wildman–Crippen LogP) is 2.87. The second-order valence-corrected chi connectivity index (χ2v) is 5.05. The van der Waals surface area contributed by atoms with E-state index >= 15 is 0 Å². The van der Waals surface area contributed by atoms with Gasteiger partial charge in [0.25, 0.3) is 0 Å². The number of hydrogen-bond acceptors (Lipinski definition) is 2. The van der Waals surface area contributed by atoms with E-state index < -0.39 is 0 Å². The maximum Gasteiger partial charge on any atom is 0.220 e. The summed E-state index contributed by atoms with van der Waals surface area (Å²) in [6, 6.07) is 18.1. The Morgan fingerprint density at radius 2 is 1.80 bits per heavy atom. The number of ether oxygens (including phenoxy) is 1. The van der Waals surface area contributed by atoms with E-state index in [9.17, 15) is 4.79 Å². The van der Waals surface area contributed by atoms with Gasteiger partial charge in [-0.1, -0.05) is 42.5 Å². The van der Waals surface area contributed by atoms with Crippen molar-refractivity contribution in [2.24, 2.45) is 0 Å². The van der Waals surface area contributed by atoms with Crippen LogP contribution in [-0.2, 0) is 11.4 Å². The minimum atomic E-state index is 0.138. The summed E-state index contributed by atoms with van der Waals surface area (Å²) in [5.41, 5.74) is 2.34. The summed E-state index contributed by atoms with van der Waals surface area (Å²) >= 11 is 0. The molecule has 1 amide bonds. The predicted molar refractivity (Wildman–Crippen MR) is 77.6 cm³/mol. The molecule has 3 rings (SSSR count).